The molecule has 18 heavy (non-hydrogen) atoms. The Hall–Kier alpha value is -0.730. The predicted molar refractivity (Wildman–Crippen MR) is 86.2 cm³/mol. The van der Waals surface area contributed by atoms with E-state index < -0.39 is 0 Å². The summed E-state index contributed by atoms with van der Waals surface area (Å²) in [5.74, 6) is -0.202. The van der Waals surface area contributed by atoms with Crippen molar-refractivity contribution >= 4 is 62.0 Å². The van der Waals surface area contributed by atoms with E-state index in [2.05, 4.69) is 49.0 Å². The van der Waals surface area contributed by atoms with Crippen molar-refractivity contribution in [3.8, 4) is 0 Å². The number of benzene rings is 1. The first-order valence-electron chi connectivity index (χ1n) is 5.00. The third-order valence-corrected chi connectivity index (χ3v) is 4.57. The van der Waals surface area contributed by atoms with E-state index in [4.69, 9.17) is 0 Å². The van der Waals surface area contributed by atoms with Crippen molar-refractivity contribution in [1.82, 2.24) is 5.43 Å². The quantitative estimate of drug-likeness (QED) is 0.444. The highest BCUT2D eigenvalue weighted by molar-refractivity contribution is 14.1. The summed E-state index contributed by atoms with van der Waals surface area (Å²) in [6.07, 6.45) is 1.63. The molecule has 1 N–H and O–H groups in total. The number of rotatable bonds is 3. The van der Waals surface area contributed by atoms with E-state index in [0.717, 1.165) is 12.2 Å². The SMILES string of the molecule is O=C(N/N=C\c1ccc(Br)s1)c1ccccc1I. The first-order chi connectivity index (χ1) is 8.66. The van der Waals surface area contributed by atoms with Crippen molar-refractivity contribution in [3.05, 3.63) is 54.2 Å². The highest BCUT2D eigenvalue weighted by atomic mass is 127. The molecule has 0 saturated carbocycles. The number of hydrogen-bond acceptors (Lipinski definition) is 3. The summed E-state index contributed by atoms with van der Waals surface area (Å²) in [4.78, 5) is 12.8. The van der Waals surface area contributed by atoms with Gasteiger partial charge in [-0.2, -0.15) is 5.10 Å². The van der Waals surface area contributed by atoms with Crippen LogP contribution in [0.3, 0.4) is 0 Å². The zero-order chi connectivity index (χ0) is 13.0. The minimum Gasteiger partial charge on any atom is -0.267 e. The third kappa shape index (κ3) is 3.63. The molecule has 0 saturated heterocycles. The van der Waals surface area contributed by atoms with E-state index in [1.54, 1.807) is 23.6 Å². The minimum atomic E-state index is -0.202. The van der Waals surface area contributed by atoms with Crippen LogP contribution in [0.5, 0.6) is 0 Å². The minimum absolute atomic E-state index is 0.202. The lowest BCUT2D eigenvalue weighted by molar-refractivity contribution is 0.0954. The molecular formula is C12H8BrIN2OS. The Balaban J connectivity index is 2.01. The van der Waals surface area contributed by atoms with E-state index in [0.29, 0.717) is 5.56 Å². The van der Waals surface area contributed by atoms with Crippen molar-refractivity contribution in [2.24, 2.45) is 5.10 Å². The lowest BCUT2D eigenvalue weighted by Gasteiger charge is -2.01. The summed E-state index contributed by atoms with van der Waals surface area (Å²) < 4.78 is 1.94. The summed E-state index contributed by atoms with van der Waals surface area (Å²) in [7, 11) is 0. The van der Waals surface area contributed by atoms with Crippen LogP contribution in [-0.2, 0) is 0 Å². The van der Waals surface area contributed by atoms with E-state index >= 15 is 0 Å². The molecule has 1 aromatic heterocycles. The predicted octanol–water partition coefficient (Wildman–Crippen LogP) is 3.88. The lowest BCUT2D eigenvalue weighted by Crippen LogP contribution is -2.18. The number of hydrogen-bond donors (Lipinski definition) is 1. The molecule has 0 fully saturated rings. The van der Waals surface area contributed by atoms with Gasteiger partial charge in [0.15, 0.2) is 0 Å². The van der Waals surface area contributed by atoms with Crippen molar-refractivity contribution in [1.29, 1.82) is 0 Å². The fourth-order valence-electron chi connectivity index (χ4n) is 1.26. The fourth-order valence-corrected chi connectivity index (χ4v) is 3.19. The molecule has 3 nitrogen and oxygen atoms in total. The maximum absolute atomic E-state index is 11.8. The number of hydrazone groups is 1. The van der Waals surface area contributed by atoms with Gasteiger partial charge in [-0.3, -0.25) is 4.79 Å². The molecule has 2 aromatic rings. The number of thiophene rings is 1. The molecule has 0 aliphatic carbocycles. The molecule has 6 heteroatoms. The maximum atomic E-state index is 11.8. The van der Waals surface area contributed by atoms with E-state index in [1.807, 2.05) is 30.3 Å². The topological polar surface area (TPSA) is 41.5 Å². The van der Waals surface area contributed by atoms with Crippen LogP contribution in [0.4, 0.5) is 0 Å². The van der Waals surface area contributed by atoms with Crippen LogP contribution in [0, 0.1) is 3.57 Å². The standard InChI is InChI=1S/C12H8BrIN2OS/c13-11-6-5-8(18-11)7-15-16-12(17)9-3-1-2-4-10(9)14/h1-7H,(H,16,17)/b15-7-. The van der Waals surface area contributed by atoms with Gasteiger partial charge in [-0.15, -0.1) is 11.3 Å². The van der Waals surface area contributed by atoms with Gasteiger partial charge in [-0.05, 0) is 62.8 Å². The van der Waals surface area contributed by atoms with E-state index in [-0.39, 0.29) is 5.91 Å². The Morgan fingerprint density at radius 2 is 2.11 bits per heavy atom. The Bertz CT molecular complexity index is 597. The van der Waals surface area contributed by atoms with Crippen molar-refractivity contribution < 1.29 is 4.79 Å². The van der Waals surface area contributed by atoms with Crippen LogP contribution < -0.4 is 5.43 Å². The Morgan fingerprint density at radius 3 is 2.78 bits per heavy atom. The first kappa shape index (κ1) is 13.7. The van der Waals surface area contributed by atoms with Gasteiger partial charge in [0.2, 0.25) is 0 Å². The largest absolute Gasteiger partial charge is 0.272 e. The molecule has 0 aliphatic heterocycles. The first-order valence-corrected chi connectivity index (χ1v) is 7.69. The molecule has 1 heterocycles. The number of nitrogens with one attached hydrogen (secondary N) is 1. The number of carbonyl (C=O) groups is 1. The molecular weight excluding hydrogens is 427 g/mol. The Kier molecular flexibility index (Phi) is 4.90. The van der Waals surface area contributed by atoms with E-state index in [9.17, 15) is 4.79 Å². The summed E-state index contributed by atoms with van der Waals surface area (Å²) in [6, 6.07) is 11.2. The third-order valence-electron chi connectivity index (χ3n) is 2.07. The van der Waals surface area contributed by atoms with Gasteiger partial charge in [0.25, 0.3) is 5.91 Å². The fraction of sp³-hybridized carbons (Fsp3) is 0. The highest BCUT2D eigenvalue weighted by Crippen LogP contribution is 2.20. The van der Waals surface area contributed by atoms with Crippen LogP contribution in [0.1, 0.15) is 15.2 Å². The van der Waals surface area contributed by atoms with Crippen LogP contribution in [0.2, 0.25) is 0 Å². The molecule has 1 aromatic carbocycles. The second-order valence-electron chi connectivity index (χ2n) is 3.32. The van der Waals surface area contributed by atoms with Gasteiger partial charge in [-0.1, -0.05) is 12.1 Å². The van der Waals surface area contributed by atoms with Gasteiger partial charge >= 0.3 is 0 Å². The summed E-state index contributed by atoms with van der Waals surface area (Å²) >= 11 is 7.05. The molecule has 0 bridgehead atoms. The Labute approximate surface area is 131 Å². The number of halogens is 2. The molecule has 2 rings (SSSR count). The van der Waals surface area contributed by atoms with Gasteiger partial charge in [-0.25, -0.2) is 5.43 Å². The number of nitrogens with zero attached hydrogens (tertiary/aromatic N) is 1. The van der Waals surface area contributed by atoms with Gasteiger partial charge < -0.3 is 0 Å². The monoisotopic (exact) mass is 434 g/mol. The normalized spacial score (nSPS) is 10.8. The van der Waals surface area contributed by atoms with Crippen LogP contribution in [0.15, 0.2) is 45.3 Å². The van der Waals surface area contributed by atoms with Crippen molar-refractivity contribution in [2.75, 3.05) is 0 Å². The number of amides is 1. The summed E-state index contributed by atoms with van der Waals surface area (Å²) in [5, 5.41) is 3.93. The maximum Gasteiger partial charge on any atom is 0.272 e. The van der Waals surface area contributed by atoms with E-state index in [1.165, 1.54) is 0 Å². The zero-order valence-electron chi connectivity index (χ0n) is 9.06. The molecule has 0 radical (unpaired) electrons. The summed E-state index contributed by atoms with van der Waals surface area (Å²) in [5.41, 5.74) is 3.14. The molecule has 0 aliphatic rings. The van der Waals surface area contributed by atoms with Crippen molar-refractivity contribution in [2.45, 2.75) is 0 Å². The van der Waals surface area contributed by atoms with Crippen LogP contribution >= 0.6 is 49.9 Å². The number of carbonyl (C=O) groups excluding carboxylic acids is 1. The van der Waals surface area contributed by atoms with Crippen LogP contribution in [-0.4, -0.2) is 12.1 Å². The van der Waals surface area contributed by atoms with Crippen LogP contribution in [0.25, 0.3) is 0 Å². The molecule has 0 spiro atoms. The average molecular weight is 435 g/mol. The molecule has 0 unspecified atom stereocenters. The smallest absolute Gasteiger partial charge is 0.267 e. The van der Waals surface area contributed by atoms with Crippen molar-refractivity contribution in [3.63, 3.8) is 0 Å². The molecule has 92 valence electrons. The van der Waals surface area contributed by atoms with Gasteiger partial charge in [0.1, 0.15) is 0 Å². The second kappa shape index (κ2) is 6.44. The second-order valence-corrected chi connectivity index (χ2v) is 6.98. The van der Waals surface area contributed by atoms with Gasteiger partial charge in [0.05, 0.1) is 15.6 Å². The lowest BCUT2D eigenvalue weighted by atomic mass is 10.2. The average Bonchev–Trinajstić information content (AvgIpc) is 2.75. The molecule has 1 amide bonds. The zero-order valence-corrected chi connectivity index (χ0v) is 13.6. The highest BCUT2D eigenvalue weighted by Gasteiger charge is 2.07. The Morgan fingerprint density at radius 1 is 1.33 bits per heavy atom. The molecule has 0 atom stereocenters. The van der Waals surface area contributed by atoms with Gasteiger partial charge in [0, 0.05) is 8.45 Å². The summed E-state index contributed by atoms with van der Waals surface area (Å²) in [6.45, 7) is 0.